The normalized spacial score (nSPS) is 14.5. The number of methoxy groups -OCH3 is 1. The number of nitrogens with zero attached hydrogens (tertiary/aromatic N) is 1. The van der Waals surface area contributed by atoms with Crippen LogP contribution in [-0.2, 0) is 14.3 Å². The third-order valence-electron chi connectivity index (χ3n) is 3.24. The summed E-state index contributed by atoms with van der Waals surface area (Å²) in [4.78, 5) is 37.0. The number of carbonyl (C=O) groups is 3. The van der Waals surface area contributed by atoms with E-state index in [1.165, 1.54) is 12.0 Å². The molecule has 0 radical (unpaired) electrons. The van der Waals surface area contributed by atoms with Gasteiger partial charge in [-0.1, -0.05) is 17.7 Å². The lowest BCUT2D eigenvalue weighted by Gasteiger charge is -2.27. The van der Waals surface area contributed by atoms with Gasteiger partial charge < -0.3 is 9.64 Å². The average molecular weight is 296 g/mol. The van der Waals surface area contributed by atoms with Crippen LogP contribution in [0, 0.1) is 5.41 Å². The van der Waals surface area contributed by atoms with Crippen molar-refractivity contribution in [2.75, 3.05) is 18.6 Å². The summed E-state index contributed by atoms with van der Waals surface area (Å²) in [6.07, 6.45) is 0. The van der Waals surface area contributed by atoms with Crippen LogP contribution in [0.5, 0.6) is 0 Å². The molecule has 0 saturated carbocycles. The molecule has 20 heavy (non-hydrogen) atoms. The smallest absolute Gasteiger partial charge is 0.313 e. The molecular formula is C14H14ClNO4. The molecule has 0 aromatic heterocycles. The predicted molar refractivity (Wildman–Crippen MR) is 73.9 cm³/mol. The quantitative estimate of drug-likeness (QED) is 0.632. The molecule has 1 aromatic rings. The minimum Gasteiger partial charge on any atom is -0.469 e. The van der Waals surface area contributed by atoms with Crippen LogP contribution < -0.4 is 4.90 Å². The fourth-order valence-corrected chi connectivity index (χ4v) is 2.45. The number of ether oxygens (including phenoxy) is 1. The standard InChI is InChI=1S/C14H14ClNO4/c1-14(2,13(19)20-3)7-16-9-6-4-5-8(15)10(9)11(17)12(16)18/h4-6H,7H2,1-3H3. The Morgan fingerprint density at radius 2 is 2.00 bits per heavy atom. The first-order chi connectivity index (χ1) is 9.29. The minimum absolute atomic E-state index is 0.0532. The van der Waals surface area contributed by atoms with Crippen molar-refractivity contribution in [3.05, 3.63) is 28.8 Å². The number of carbonyl (C=O) groups excluding carboxylic acids is 3. The molecule has 1 aliphatic heterocycles. The number of amides is 1. The predicted octanol–water partition coefficient (Wildman–Crippen LogP) is 2.07. The Bertz CT molecular complexity index is 609. The summed E-state index contributed by atoms with van der Waals surface area (Å²) in [5.74, 6) is -1.77. The van der Waals surface area contributed by atoms with Crippen molar-refractivity contribution in [2.24, 2.45) is 5.41 Å². The number of anilines is 1. The lowest BCUT2D eigenvalue weighted by atomic mass is 9.93. The summed E-state index contributed by atoms with van der Waals surface area (Å²) >= 11 is 5.96. The summed E-state index contributed by atoms with van der Waals surface area (Å²) in [5, 5.41) is 0.235. The van der Waals surface area contributed by atoms with E-state index < -0.39 is 23.1 Å². The maximum Gasteiger partial charge on any atom is 0.313 e. The number of hydrogen-bond donors (Lipinski definition) is 0. The third-order valence-corrected chi connectivity index (χ3v) is 3.56. The molecule has 0 bridgehead atoms. The van der Waals surface area contributed by atoms with Crippen molar-refractivity contribution < 1.29 is 19.1 Å². The molecule has 1 amide bonds. The van der Waals surface area contributed by atoms with E-state index in [1.807, 2.05) is 0 Å². The van der Waals surface area contributed by atoms with Crippen LogP contribution in [0.25, 0.3) is 0 Å². The lowest BCUT2D eigenvalue weighted by Crippen LogP contribution is -2.42. The summed E-state index contributed by atoms with van der Waals surface area (Å²) in [7, 11) is 1.28. The van der Waals surface area contributed by atoms with E-state index in [9.17, 15) is 14.4 Å². The number of rotatable bonds is 3. The third kappa shape index (κ3) is 2.18. The van der Waals surface area contributed by atoms with Crippen LogP contribution in [0.1, 0.15) is 24.2 Å². The van der Waals surface area contributed by atoms with Gasteiger partial charge in [-0.05, 0) is 26.0 Å². The molecule has 5 nitrogen and oxygen atoms in total. The summed E-state index contributed by atoms with van der Waals surface area (Å²) < 4.78 is 4.71. The average Bonchev–Trinajstić information content (AvgIpc) is 2.64. The van der Waals surface area contributed by atoms with Crippen LogP contribution in [-0.4, -0.2) is 31.3 Å². The van der Waals surface area contributed by atoms with Gasteiger partial charge in [0.2, 0.25) is 0 Å². The lowest BCUT2D eigenvalue weighted by molar-refractivity contribution is -0.150. The van der Waals surface area contributed by atoms with E-state index in [1.54, 1.807) is 32.0 Å². The molecule has 106 valence electrons. The molecule has 2 rings (SSSR count). The molecule has 1 aromatic carbocycles. The number of Topliss-reactive ketones (excluding diaryl/α,β-unsaturated/α-hetero) is 1. The maximum atomic E-state index is 12.1. The SMILES string of the molecule is COC(=O)C(C)(C)CN1C(=O)C(=O)c2c(Cl)cccc21. The van der Waals surface area contributed by atoms with Gasteiger partial charge in [0, 0.05) is 6.54 Å². The molecule has 0 unspecified atom stereocenters. The Hall–Kier alpha value is -1.88. The van der Waals surface area contributed by atoms with Crippen molar-refractivity contribution in [2.45, 2.75) is 13.8 Å². The van der Waals surface area contributed by atoms with E-state index in [0.717, 1.165) is 0 Å². The molecule has 0 saturated heterocycles. The van der Waals surface area contributed by atoms with Crippen LogP contribution >= 0.6 is 11.6 Å². The fraction of sp³-hybridized carbons (Fsp3) is 0.357. The molecule has 0 atom stereocenters. The van der Waals surface area contributed by atoms with Gasteiger partial charge in [-0.25, -0.2) is 0 Å². The monoisotopic (exact) mass is 295 g/mol. The van der Waals surface area contributed by atoms with Crippen molar-refractivity contribution in [3.8, 4) is 0 Å². The first-order valence-electron chi connectivity index (χ1n) is 6.02. The van der Waals surface area contributed by atoms with Gasteiger partial charge in [-0.2, -0.15) is 0 Å². The molecular weight excluding hydrogens is 282 g/mol. The number of esters is 1. The number of ketones is 1. The summed E-state index contributed by atoms with van der Waals surface area (Å²) in [5.41, 5.74) is -0.293. The minimum atomic E-state index is -0.922. The first-order valence-corrected chi connectivity index (χ1v) is 6.40. The van der Waals surface area contributed by atoms with Gasteiger partial charge in [-0.15, -0.1) is 0 Å². The molecule has 1 aliphatic rings. The number of halogens is 1. The maximum absolute atomic E-state index is 12.1. The van der Waals surface area contributed by atoms with Crippen LogP contribution in [0.4, 0.5) is 5.69 Å². The fourth-order valence-electron chi connectivity index (χ4n) is 2.19. The van der Waals surface area contributed by atoms with E-state index in [-0.39, 0.29) is 17.1 Å². The summed E-state index contributed by atoms with van der Waals surface area (Å²) in [6, 6.07) is 4.85. The Kier molecular flexibility index (Phi) is 3.56. The summed E-state index contributed by atoms with van der Waals surface area (Å²) in [6.45, 7) is 3.36. The van der Waals surface area contributed by atoms with E-state index in [4.69, 9.17) is 16.3 Å². The van der Waals surface area contributed by atoms with Gasteiger partial charge in [0.05, 0.1) is 28.8 Å². The highest BCUT2D eigenvalue weighted by atomic mass is 35.5. The molecule has 0 spiro atoms. The first kappa shape index (κ1) is 14.5. The number of hydrogen-bond acceptors (Lipinski definition) is 4. The zero-order valence-electron chi connectivity index (χ0n) is 11.4. The topological polar surface area (TPSA) is 63.7 Å². The Morgan fingerprint density at radius 3 is 2.60 bits per heavy atom. The van der Waals surface area contributed by atoms with E-state index in [2.05, 4.69) is 0 Å². The Morgan fingerprint density at radius 1 is 1.35 bits per heavy atom. The zero-order chi connectivity index (χ0) is 15.1. The zero-order valence-corrected chi connectivity index (χ0v) is 12.2. The van der Waals surface area contributed by atoms with Gasteiger partial charge in [0.15, 0.2) is 0 Å². The van der Waals surface area contributed by atoms with Crippen molar-refractivity contribution >= 4 is 34.9 Å². The van der Waals surface area contributed by atoms with E-state index in [0.29, 0.717) is 5.69 Å². The second-order valence-corrected chi connectivity index (χ2v) is 5.64. The molecule has 0 aliphatic carbocycles. The molecule has 0 fully saturated rings. The van der Waals surface area contributed by atoms with Crippen molar-refractivity contribution in [3.63, 3.8) is 0 Å². The largest absolute Gasteiger partial charge is 0.469 e. The Balaban J connectivity index is 2.41. The van der Waals surface area contributed by atoms with Gasteiger partial charge in [0.25, 0.3) is 11.7 Å². The number of fused-ring (bicyclic) bond motifs is 1. The van der Waals surface area contributed by atoms with Gasteiger partial charge in [0.1, 0.15) is 0 Å². The van der Waals surface area contributed by atoms with Gasteiger partial charge >= 0.3 is 5.97 Å². The van der Waals surface area contributed by atoms with Crippen LogP contribution in [0.15, 0.2) is 18.2 Å². The van der Waals surface area contributed by atoms with Crippen LogP contribution in [0.2, 0.25) is 5.02 Å². The van der Waals surface area contributed by atoms with Crippen molar-refractivity contribution in [1.29, 1.82) is 0 Å². The molecule has 1 heterocycles. The molecule has 0 N–H and O–H groups in total. The van der Waals surface area contributed by atoms with Gasteiger partial charge in [-0.3, -0.25) is 14.4 Å². The van der Waals surface area contributed by atoms with E-state index >= 15 is 0 Å². The Labute approximate surface area is 121 Å². The van der Waals surface area contributed by atoms with Crippen LogP contribution in [0.3, 0.4) is 0 Å². The number of benzene rings is 1. The highest BCUT2D eigenvalue weighted by molar-refractivity contribution is 6.55. The van der Waals surface area contributed by atoms with Crippen molar-refractivity contribution in [1.82, 2.24) is 0 Å². The molecule has 6 heteroatoms. The second-order valence-electron chi connectivity index (χ2n) is 5.23. The second kappa shape index (κ2) is 4.90. The highest BCUT2D eigenvalue weighted by Gasteiger charge is 2.42. The highest BCUT2D eigenvalue weighted by Crippen LogP contribution is 2.36.